The van der Waals surface area contributed by atoms with Gasteiger partial charge in [-0.15, -0.1) is 11.3 Å². The van der Waals surface area contributed by atoms with Gasteiger partial charge in [-0.3, -0.25) is 9.78 Å². The molecule has 0 atom stereocenters. The van der Waals surface area contributed by atoms with Gasteiger partial charge in [0.2, 0.25) is 0 Å². The van der Waals surface area contributed by atoms with Gasteiger partial charge in [0.25, 0.3) is 5.91 Å². The normalized spacial score (nSPS) is 10.4. The summed E-state index contributed by atoms with van der Waals surface area (Å²) in [4.78, 5) is 23.2. The molecule has 6 heteroatoms. The number of ether oxygens (including phenoxy) is 1. The van der Waals surface area contributed by atoms with Crippen molar-refractivity contribution in [1.82, 2.24) is 14.9 Å². The van der Waals surface area contributed by atoms with Crippen LogP contribution in [0.15, 0.2) is 36.1 Å². The Morgan fingerprint density at radius 3 is 3.00 bits per heavy atom. The highest BCUT2D eigenvalue weighted by Gasteiger charge is 2.17. The highest BCUT2D eigenvalue weighted by molar-refractivity contribution is 7.09. The second-order valence-electron chi connectivity index (χ2n) is 3.89. The third kappa shape index (κ3) is 3.84. The van der Waals surface area contributed by atoms with Gasteiger partial charge in [0, 0.05) is 30.9 Å². The van der Waals surface area contributed by atoms with Crippen LogP contribution in [0.3, 0.4) is 0 Å². The van der Waals surface area contributed by atoms with Crippen LogP contribution >= 0.6 is 11.3 Å². The molecule has 0 fully saturated rings. The molecule has 0 aromatic carbocycles. The zero-order valence-corrected chi connectivity index (χ0v) is 11.5. The topological polar surface area (TPSA) is 55.3 Å². The number of aromatic nitrogens is 2. The molecule has 2 aromatic heterocycles. The number of hydrogen-bond acceptors (Lipinski definition) is 5. The first-order valence-corrected chi connectivity index (χ1v) is 6.76. The van der Waals surface area contributed by atoms with E-state index in [2.05, 4.69) is 9.97 Å². The summed E-state index contributed by atoms with van der Waals surface area (Å²) in [6, 6.07) is 3.98. The van der Waals surface area contributed by atoms with E-state index in [9.17, 15) is 4.79 Å². The Morgan fingerprint density at radius 2 is 2.37 bits per heavy atom. The third-order valence-electron chi connectivity index (χ3n) is 2.56. The first-order valence-electron chi connectivity index (χ1n) is 5.88. The van der Waals surface area contributed by atoms with Gasteiger partial charge in [0.1, 0.15) is 5.69 Å². The molecule has 0 aliphatic carbocycles. The number of methoxy groups -OCH3 is 1. The summed E-state index contributed by atoms with van der Waals surface area (Å²) in [5.74, 6) is -0.126. The molecule has 2 aromatic rings. The average Bonchev–Trinajstić information content (AvgIpc) is 2.96. The Morgan fingerprint density at radius 1 is 1.47 bits per heavy atom. The molecule has 0 N–H and O–H groups in total. The molecule has 0 bridgehead atoms. The van der Waals surface area contributed by atoms with Gasteiger partial charge in [-0.25, -0.2) is 4.98 Å². The van der Waals surface area contributed by atoms with Crippen LogP contribution in [0.5, 0.6) is 0 Å². The molecule has 19 heavy (non-hydrogen) atoms. The maximum absolute atomic E-state index is 12.3. The minimum Gasteiger partial charge on any atom is -0.383 e. The van der Waals surface area contributed by atoms with Crippen molar-refractivity contribution in [3.8, 4) is 0 Å². The summed E-state index contributed by atoms with van der Waals surface area (Å²) in [5, 5.41) is 2.00. The average molecular weight is 277 g/mol. The first-order chi connectivity index (χ1) is 9.31. The van der Waals surface area contributed by atoms with Crippen molar-refractivity contribution in [2.45, 2.75) is 6.54 Å². The van der Waals surface area contributed by atoms with E-state index < -0.39 is 0 Å². The number of carbonyl (C=O) groups is 1. The molecule has 0 aliphatic rings. The van der Waals surface area contributed by atoms with E-state index in [0.29, 0.717) is 25.4 Å². The molecular formula is C13H15N3O2S. The zero-order valence-electron chi connectivity index (χ0n) is 10.7. The first kappa shape index (κ1) is 13.6. The summed E-state index contributed by atoms with van der Waals surface area (Å²) < 4.78 is 5.05. The van der Waals surface area contributed by atoms with Gasteiger partial charge in [-0.1, -0.05) is 6.07 Å². The second kappa shape index (κ2) is 6.96. The standard InChI is InChI=1S/C13H15N3O2S/c1-18-7-6-16(10-11-3-2-8-19-11)13(17)12-9-14-4-5-15-12/h2-5,8-9H,6-7,10H2,1H3. The van der Waals surface area contributed by atoms with E-state index in [4.69, 9.17) is 4.74 Å². The van der Waals surface area contributed by atoms with Gasteiger partial charge in [-0.2, -0.15) is 0 Å². The van der Waals surface area contributed by atoms with Crippen LogP contribution in [-0.4, -0.2) is 41.0 Å². The number of hydrogen-bond donors (Lipinski definition) is 0. The zero-order chi connectivity index (χ0) is 13.5. The Balaban J connectivity index is 2.10. The van der Waals surface area contributed by atoms with Gasteiger partial charge in [0.05, 0.1) is 19.3 Å². The molecule has 1 amide bonds. The summed E-state index contributed by atoms with van der Waals surface area (Å²) in [5.41, 5.74) is 0.357. The van der Waals surface area contributed by atoms with E-state index in [1.54, 1.807) is 29.5 Å². The molecule has 100 valence electrons. The summed E-state index contributed by atoms with van der Waals surface area (Å²) in [7, 11) is 1.62. The number of carbonyl (C=O) groups excluding carboxylic acids is 1. The van der Waals surface area contributed by atoms with E-state index in [1.165, 1.54) is 12.4 Å². The quantitative estimate of drug-likeness (QED) is 0.808. The SMILES string of the molecule is COCCN(Cc1cccs1)C(=O)c1cnccn1. The molecule has 2 rings (SSSR count). The van der Waals surface area contributed by atoms with Gasteiger partial charge in [0.15, 0.2) is 0 Å². The minimum atomic E-state index is -0.126. The molecule has 5 nitrogen and oxygen atoms in total. The Hall–Kier alpha value is -1.79. The second-order valence-corrected chi connectivity index (χ2v) is 4.92. The summed E-state index contributed by atoms with van der Waals surface area (Å²) in [6.07, 6.45) is 4.55. The van der Waals surface area contributed by atoms with Crippen molar-refractivity contribution in [3.05, 3.63) is 46.7 Å². The Kier molecular flexibility index (Phi) is 5.00. The third-order valence-corrected chi connectivity index (χ3v) is 3.42. The maximum Gasteiger partial charge on any atom is 0.274 e. The lowest BCUT2D eigenvalue weighted by Gasteiger charge is -2.21. The van der Waals surface area contributed by atoms with E-state index in [1.807, 2.05) is 17.5 Å². The minimum absolute atomic E-state index is 0.126. The lowest BCUT2D eigenvalue weighted by Crippen LogP contribution is -2.33. The molecule has 0 radical (unpaired) electrons. The summed E-state index contributed by atoms with van der Waals surface area (Å²) in [6.45, 7) is 1.59. The molecule has 0 saturated carbocycles. The number of nitrogens with zero attached hydrogens (tertiary/aromatic N) is 3. The van der Waals surface area contributed by atoms with Crippen LogP contribution in [0, 0.1) is 0 Å². The van der Waals surface area contributed by atoms with Crippen LogP contribution in [-0.2, 0) is 11.3 Å². The van der Waals surface area contributed by atoms with Crippen LogP contribution in [0.4, 0.5) is 0 Å². The van der Waals surface area contributed by atoms with Crippen molar-refractivity contribution in [2.75, 3.05) is 20.3 Å². The molecular weight excluding hydrogens is 262 g/mol. The van der Waals surface area contributed by atoms with Gasteiger partial charge in [-0.05, 0) is 11.4 Å². The monoisotopic (exact) mass is 277 g/mol. The van der Waals surface area contributed by atoms with E-state index in [-0.39, 0.29) is 5.91 Å². The predicted octanol–water partition coefficient (Wildman–Crippen LogP) is 1.83. The van der Waals surface area contributed by atoms with E-state index in [0.717, 1.165) is 4.88 Å². The molecule has 0 aliphatic heterocycles. The number of amides is 1. The maximum atomic E-state index is 12.3. The smallest absolute Gasteiger partial charge is 0.274 e. The van der Waals surface area contributed by atoms with Crippen molar-refractivity contribution in [3.63, 3.8) is 0 Å². The highest BCUT2D eigenvalue weighted by Crippen LogP contribution is 2.13. The summed E-state index contributed by atoms with van der Waals surface area (Å²) >= 11 is 1.63. The molecule has 0 unspecified atom stereocenters. The lowest BCUT2D eigenvalue weighted by atomic mass is 10.3. The van der Waals surface area contributed by atoms with Crippen molar-refractivity contribution in [1.29, 1.82) is 0 Å². The van der Waals surface area contributed by atoms with Crippen molar-refractivity contribution in [2.24, 2.45) is 0 Å². The fraction of sp³-hybridized carbons (Fsp3) is 0.308. The highest BCUT2D eigenvalue weighted by atomic mass is 32.1. The van der Waals surface area contributed by atoms with Crippen LogP contribution < -0.4 is 0 Å². The van der Waals surface area contributed by atoms with Gasteiger partial charge < -0.3 is 9.64 Å². The Labute approximate surface area is 115 Å². The van der Waals surface area contributed by atoms with Crippen molar-refractivity contribution >= 4 is 17.2 Å². The lowest BCUT2D eigenvalue weighted by molar-refractivity contribution is 0.0676. The fourth-order valence-electron chi connectivity index (χ4n) is 1.62. The van der Waals surface area contributed by atoms with E-state index >= 15 is 0 Å². The number of rotatable bonds is 6. The van der Waals surface area contributed by atoms with Crippen LogP contribution in [0.2, 0.25) is 0 Å². The fourth-order valence-corrected chi connectivity index (χ4v) is 2.34. The molecule has 2 heterocycles. The predicted molar refractivity (Wildman–Crippen MR) is 73.0 cm³/mol. The van der Waals surface area contributed by atoms with Gasteiger partial charge >= 0.3 is 0 Å². The van der Waals surface area contributed by atoms with Crippen molar-refractivity contribution < 1.29 is 9.53 Å². The Bertz CT molecular complexity index is 502. The molecule has 0 saturated heterocycles. The molecule has 0 spiro atoms. The number of thiophene rings is 1. The van der Waals surface area contributed by atoms with Crippen LogP contribution in [0.25, 0.3) is 0 Å². The largest absolute Gasteiger partial charge is 0.383 e. The van der Waals surface area contributed by atoms with Crippen LogP contribution in [0.1, 0.15) is 15.4 Å².